The van der Waals surface area contributed by atoms with Gasteiger partial charge in [-0.3, -0.25) is 0 Å². The first-order valence-corrected chi connectivity index (χ1v) is 4.58. The fourth-order valence-corrected chi connectivity index (χ4v) is 1.54. The first-order chi connectivity index (χ1) is 6.38. The van der Waals surface area contributed by atoms with Gasteiger partial charge in [0.15, 0.2) is 0 Å². The van der Waals surface area contributed by atoms with Crippen molar-refractivity contribution < 1.29 is 32.7 Å². The molecule has 0 heterocycles. The zero-order valence-electron chi connectivity index (χ0n) is 7.64. The van der Waals surface area contributed by atoms with Crippen LogP contribution in [0.15, 0.2) is 53.4 Å². The Morgan fingerprint density at radius 1 is 0.929 bits per heavy atom. The van der Waals surface area contributed by atoms with E-state index in [0.717, 1.165) is 16.0 Å². The maximum Gasteiger partial charge on any atom is 0 e. The van der Waals surface area contributed by atoms with E-state index in [-0.39, 0.29) is 32.7 Å². The third kappa shape index (κ3) is 2.69. The summed E-state index contributed by atoms with van der Waals surface area (Å²) >= 11 is 4.39. The number of hydrogen-bond donors (Lipinski definition) is 1. The molecule has 0 spiro atoms. The van der Waals surface area contributed by atoms with Gasteiger partial charge < -0.3 is 0 Å². The summed E-state index contributed by atoms with van der Waals surface area (Å²) in [4.78, 5) is 0.991. The zero-order chi connectivity index (χ0) is 9.10. The predicted molar refractivity (Wildman–Crippen MR) is 58.0 cm³/mol. The van der Waals surface area contributed by atoms with E-state index in [4.69, 9.17) is 0 Å². The van der Waals surface area contributed by atoms with E-state index in [9.17, 15) is 0 Å². The summed E-state index contributed by atoms with van der Waals surface area (Å²) in [6.45, 7) is 0. The molecule has 0 fully saturated rings. The van der Waals surface area contributed by atoms with Gasteiger partial charge in [-0.1, -0.05) is 29.8 Å². The number of rotatable bonds is 1. The maximum absolute atomic E-state index is 4.39. The molecule has 0 aliphatic heterocycles. The Morgan fingerprint density at radius 2 is 1.64 bits per heavy atom. The zero-order valence-corrected chi connectivity index (χ0v) is 11.4. The van der Waals surface area contributed by atoms with Gasteiger partial charge in [-0.05, 0) is 4.90 Å². The van der Waals surface area contributed by atoms with Gasteiger partial charge in [0.1, 0.15) is 0 Å². The molecule has 0 nitrogen and oxygen atoms in total. The maximum atomic E-state index is 4.39. The third-order valence-electron chi connectivity index (χ3n) is 1.90. The smallest absolute Gasteiger partial charge is 0 e. The molecular weight excluding hydrogens is 265 g/mol. The summed E-state index contributed by atoms with van der Waals surface area (Å²) in [6, 6.07) is 19.1. The Labute approximate surface area is 115 Å². The van der Waals surface area contributed by atoms with E-state index in [1.807, 2.05) is 48.5 Å². The molecule has 1 radical (unpaired) electrons. The van der Waals surface area contributed by atoms with Gasteiger partial charge in [-0.25, -0.2) is 0 Å². The first-order valence-electron chi connectivity index (χ1n) is 4.13. The Kier molecular flexibility index (Phi) is 4.87. The van der Waals surface area contributed by atoms with Crippen molar-refractivity contribution in [2.75, 3.05) is 0 Å². The number of hydrogen-bond acceptors (Lipinski definition) is 1. The average Bonchev–Trinajstić information content (AvgIpc) is 2.20. The Balaban J connectivity index is 0.000000980. The summed E-state index contributed by atoms with van der Waals surface area (Å²) in [5, 5.41) is 0. The molecule has 14 heavy (non-hydrogen) atoms. The van der Waals surface area contributed by atoms with Gasteiger partial charge in [0, 0.05) is 32.7 Å². The van der Waals surface area contributed by atoms with Crippen molar-refractivity contribution in [3.63, 3.8) is 0 Å². The summed E-state index contributed by atoms with van der Waals surface area (Å²) < 4.78 is 0. The van der Waals surface area contributed by atoms with E-state index >= 15 is 0 Å². The topological polar surface area (TPSA) is 0 Å². The predicted octanol–water partition coefficient (Wildman–Crippen LogP) is 3.44. The summed E-state index contributed by atoms with van der Waals surface area (Å²) in [7, 11) is 0. The van der Waals surface area contributed by atoms with Crippen molar-refractivity contribution in [2.24, 2.45) is 0 Å². The van der Waals surface area contributed by atoms with Crippen molar-refractivity contribution in [3.05, 3.63) is 54.6 Å². The quantitative estimate of drug-likeness (QED) is 0.597. The van der Waals surface area contributed by atoms with Crippen LogP contribution in [0.5, 0.6) is 0 Å². The summed E-state index contributed by atoms with van der Waals surface area (Å²) in [5.41, 5.74) is 2.22. The Morgan fingerprint density at radius 3 is 2.29 bits per heavy atom. The number of thiol groups is 1. The Hall–Kier alpha value is -0.106. The van der Waals surface area contributed by atoms with Gasteiger partial charge in [-0.15, -0.1) is 35.9 Å². The van der Waals surface area contributed by atoms with Crippen LogP contribution < -0.4 is 0 Å². The minimum atomic E-state index is 0. The van der Waals surface area contributed by atoms with Gasteiger partial charge in [0.25, 0.3) is 0 Å². The van der Waals surface area contributed by atoms with Crippen LogP contribution in [0.4, 0.5) is 0 Å². The van der Waals surface area contributed by atoms with Crippen molar-refractivity contribution in [1.82, 2.24) is 0 Å². The Bertz CT molecular complexity index is 398. The molecule has 0 aliphatic rings. The molecule has 67 valence electrons. The van der Waals surface area contributed by atoms with Crippen LogP contribution in [-0.4, -0.2) is 0 Å². The fourth-order valence-electron chi connectivity index (χ4n) is 1.26. The normalized spacial score (nSPS) is 9.21. The molecule has 0 amide bonds. The molecule has 2 aromatic rings. The molecule has 0 bridgehead atoms. The van der Waals surface area contributed by atoms with Crippen LogP contribution in [0.25, 0.3) is 11.1 Å². The average molecular weight is 274 g/mol. The van der Waals surface area contributed by atoms with E-state index < -0.39 is 0 Å². The summed E-state index contributed by atoms with van der Waals surface area (Å²) in [5.74, 6) is 0. The van der Waals surface area contributed by atoms with Crippen molar-refractivity contribution in [1.29, 1.82) is 0 Å². The molecule has 0 saturated heterocycles. The van der Waals surface area contributed by atoms with E-state index in [1.165, 1.54) is 0 Å². The molecule has 0 aliphatic carbocycles. The monoisotopic (exact) mass is 274 g/mol. The standard InChI is InChI=1S/C12H9S.Y/c13-12-9-5-4-8-11(12)10-6-2-1-3-7-10;/h1-6,8-9,13H;/q-1;. The van der Waals surface area contributed by atoms with Crippen LogP contribution in [0.3, 0.4) is 0 Å². The summed E-state index contributed by atoms with van der Waals surface area (Å²) in [6.07, 6.45) is 0. The second-order valence-corrected chi connectivity index (χ2v) is 3.28. The molecule has 0 atom stereocenters. The van der Waals surface area contributed by atoms with E-state index in [1.54, 1.807) is 0 Å². The second-order valence-electron chi connectivity index (χ2n) is 2.79. The first kappa shape index (κ1) is 12.0. The van der Waals surface area contributed by atoms with Crippen molar-refractivity contribution in [3.8, 4) is 11.1 Å². The van der Waals surface area contributed by atoms with Crippen LogP contribution in [-0.2, 0) is 32.7 Å². The van der Waals surface area contributed by atoms with E-state index in [2.05, 4.69) is 18.7 Å². The minimum absolute atomic E-state index is 0. The molecule has 0 unspecified atom stereocenters. The number of benzene rings is 2. The van der Waals surface area contributed by atoms with Gasteiger partial charge in [0.05, 0.1) is 0 Å². The van der Waals surface area contributed by atoms with Crippen LogP contribution >= 0.6 is 12.6 Å². The fraction of sp³-hybridized carbons (Fsp3) is 0. The molecule has 0 N–H and O–H groups in total. The van der Waals surface area contributed by atoms with Crippen LogP contribution in [0, 0.1) is 6.07 Å². The second kappa shape index (κ2) is 5.70. The largest absolute Gasteiger partial charge is 0.153 e. The molecule has 2 aromatic carbocycles. The molecule has 0 saturated carbocycles. The molecular formula is C12H9SY-. The van der Waals surface area contributed by atoms with Crippen LogP contribution in [0.2, 0.25) is 0 Å². The SMILES string of the molecule is Sc1ccccc1-c1[c-]cccc1.[Y]. The van der Waals surface area contributed by atoms with E-state index in [0.29, 0.717) is 0 Å². The van der Waals surface area contributed by atoms with Gasteiger partial charge in [0.2, 0.25) is 0 Å². The molecule has 2 heteroatoms. The van der Waals surface area contributed by atoms with Crippen LogP contribution in [0.1, 0.15) is 0 Å². The van der Waals surface area contributed by atoms with Gasteiger partial charge in [-0.2, -0.15) is 12.6 Å². The molecule has 2 rings (SSSR count). The van der Waals surface area contributed by atoms with Crippen molar-refractivity contribution in [2.45, 2.75) is 4.90 Å². The van der Waals surface area contributed by atoms with Gasteiger partial charge >= 0.3 is 0 Å². The van der Waals surface area contributed by atoms with Crippen molar-refractivity contribution >= 4 is 12.6 Å². The minimum Gasteiger partial charge on any atom is -0.153 e. The molecule has 0 aromatic heterocycles. The third-order valence-corrected chi connectivity index (χ3v) is 2.29.